The first-order valence-electron chi connectivity index (χ1n) is 6.19. The van der Waals surface area contributed by atoms with Crippen molar-refractivity contribution >= 4 is 11.7 Å². The molecule has 2 unspecified atom stereocenters. The Labute approximate surface area is 113 Å². The number of ether oxygens (including phenoxy) is 2. The second kappa shape index (κ2) is 5.54. The van der Waals surface area contributed by atoms with Crippen molar-refractivity contribution in [3.63, 3.8) is 0 Å². The van der Waals surface area contributed by atoms with Crippen LogP contribution >= 0.6 is 0 Å². The Hall–Kier alpha value is -1.66. The minimum absolute atomic E-state index is 0.00659. The highest BCUT2D eigenvalue weighted by Gasteiger charge is 2.35. The molecule has 0 aliphatic carbocycles. The number of rotatable bonds is 4. The molecule has 104 valence electrons. The summed E-state index contributed by atoms with van der Waals surface area (Å²) in [6.07, 6.45) is 1.75. The van der Waals surface area contributed by atoms with E-state index in [9.17, 15) is 0 Å². The third-order valence-corrected chi connectivity index (χ3v) is 3.53. The molecule has 0 bridgehead atoms. The molecule has 2 heterocycles. The molecule has 0 radical (unpaired) electrons. The van der Waals surface area contributed by atoms with E-state index >= 15 is 0 Å². The minimum Gasteiger partial charge on any atom is -0.384 e. The number of nitrogens with zero attached hydrogens (tertiary/aromatic N) is 2. The van der Waals surface area contributed by atoms with Gasteiger partial charge in [-0.25, -0.2) is 4.98 Å². The van der Waals surface area contributed by atoms with E-state index in [2.05, 4.69) is 9.88 Å². The Kier molecular flexibility index (Phi) is 4.01. The van der Waals surface area contributed by atoms with Crippen molar-refractivity contribution in [1.29, 1.82) is 5.41 Å². The standard InChI is InChI=1S/C13H20N4O2/c1-8-4-5-16-13(11(8)12(14)15)17-6-9(18-2)10(7-17)19-3/h4-5,9-10H,6-7H2,1-3H3,(H3,14,15). The summed E-state index contributed by atoms with van der Waals surface area (Å²) >= 11 is 0. The van der Waals surface area contributed by atoms with Crippen molar-refractivity contribution in [2.45, 2.75) is 19.1 Å². The number of nitrogens with one attached hydrogen (secondary N) is 1. The molecular formula is C13H20N4O2. The zero-order valence-electron chi connectivity index (χ0n) is 11.5. The van der Waals surface area contributed by atoms with Gasteiger partial charge in [0.25, 0.3) is 0 Å². The summed E-state index contributed by atoms with van der Waals surface area (Å²) in [5.41, 5.74) is 7.31. The molecule has 0 aromatic carbocycles. The summed E-state index contributed by atoms with van der Waals surface area (Å²) in [4.78, 5) is 6.44. The minimum atomic E-state index is 0.00659. The van der Waals surface area contributed by atoms with Crippen LogP contribution in [0.5, 0.6) is 0 Å². The van der Waals surface area contributed by atoms with E-state index in [-0.39, 0.29) is 18.0 Å². The third-order valence-electron chi connectivity index (χ3n) is 3.53. The zero-order chi connectivity index (χ0) is 14.0. The number of amidine groups is 1. The fraction of sp³-hybridized carbons (Fsp3) is 0.538. The molecule has 1 aromatic rings. The molecule has 1 aromatic heterocycles. The van der Waals surface area contributed by atoms with Crippen LogP contribution in [-0.4, -0.2) is 50.3 Å². The van der Waals surface area contributed by atoms with E-state index in [0.29, 0.717) is 18.7 Å². The van der Waals surface area contributed by atoms with E-state index in [4.69, 9.17) is 20.6 Å². The fourth-order valence-corrected chi connectivity index (χ4v) is 2.49. The van der Waals surface area contributed by atoms with Crippen LogP contribution in [0.25, 0.3) is 0 Å². The van der Waals surface area contributed by atoms with Gasteiger partial charge in [-0.15, -0.1) is 0 Å². The van der Waals surface area contributed by atoms with Crippen LogP contribution in [0.1, 0.15) is 11.1 Å². The number of hydrogen-bond donors (Lipinski definition) is 2. The molecule has 1 fully saturated rings. The van der Waals surface area contributed by atoms with E-state index < -0.39 is 0 Å². The van der Waals surface area contributed by atoms with Crippen LogP contribution in [0.3, 0.4) is 0 Å². The van der Waals surface area contributed by atoms with Crippen molar-refractivity contribution in [3.05, 3.63) is 23.4 Å². The highest BCUT2D eigenvalue weighted by atomic mass is 16.5. The summed E-state index contributed by atoms with van der Waals surface area (Å²) in [6, 6.07) is 1.86. The Balaban J connectivity index is 2.33. The van der Waals surface area contributed by atoms with E-state index in [1.807, 2.05) is 13.0 Å². The van der Waals surface area contributed by atoms with Gasteiger partial charge in [0.1, 0.15) is 23.9 Å². The van der Waals surface area contributed by atoms with Gasteiger partial charge >= 0.3 is 0 Å². The normalized spacial score (nSPS) is 22.8. The third kappa shape index (κ3) is 2.54. The smallest absolute Gasteiger partial charge is 0.139 e. The molecular weight excluding hydrogens is 244 g/mol. The molecule has 6 heteroatoms. The van der Waals surface area contributed by atoms with Gasteiger partial charge in [0.15, 0.2) is 0 Å². The van der Waals surface area contributed by atoms with Crippen LogP contribution in [0.15, 0.2) is 12.3 Å². The predicted octanol–water partition coefficient (Wildman–Crippen LogP) is 0.524. The van der Waals surface area contributed by atoms with Gasteiger partial charge in [-0.3, -0.25) is 5.41 Å². The SMILES string of the molecule is COC1CN(c2nccc(C)c2C(=N)N)CC1OC. The largest absolute Gasteiger partial charge is 0.384 e. The van der Waals surface area contributed by atoms with Crippen molar-refractivity contribution < 1.29 is 9.47 Å². The number of nitrogen functional groups attached to an aromatic ring is 1. The maximum atomic E-state index is 7.72. The van der Waals surface area contributed by atoms with Gasteiger partial charge in [-0.1, -0.05) is 0 Å². The number of nitrogens with two attached hydrogens (primary N) is 1. The first-order chi connectivity index (χ1) is 9.08. The molecule has 2 atom stereocenters. The van der Waals surface area contributed by atoms with Crippen molar-refractivity contribution in [2.24, 2.45) is 5.73 Å². The topological polar surface area (TPSA) is 84.5 Å². The number of hydrogen-bond acceptors (Lipinski definition) is 5. The van der Waals surface area contributed by atoms with Gasteiger partial charge in [0.05, 0.1) is 5.56 Å². The monoisotopic (exact) mass is 264 g/mol. The second-order valence-electron chi connectivity index (χ2n) is 4.69. The Morgan fingerprint density at radius 1 is 1.37 bits per heavy atom. The Morgan fingerprint density at radius 3 is 2.42 bits per heavy atom. The highest BCUT2D eigenvalue weighted by molar-refractivity contribution is 6.01. The van der Waals surface area contributed by atoms with E-state index in [1.54, 1.807) is 20.4 Å². The van der Waals surface area contributed by atoms with Gasteiger partial charge in [0.2, 0.25) is 0 Å². The zero-order valence-corrected chi connectivity index (χ0v) is 11.5. The lowest BCUT2D eigenvalue weighted by atomic mass is 10.1. The molecule has 3 N–H and O–H groups in total. The highest BCUT2D eigenvalue weighted by Crippen LogP contribution is 2.26. The lowest BCUT2D eigenvalue weighted by molar-refractivity contribution is -0.00461. The number of pyridine rings is 1. The predicted molar refractivity (Wildman–Crippen MR) is 73.8 cm³/mol. The molecule has 2 rings (SSSR count). The summed E-state index contributed by atoms with van der Waals surface area (Å²) < 4.78 is 10.8. The van der Waals surface area contributed by atoms with Gasteiger partial charge < -0.3 is 20.1 Å². The lowest BCUT2D eigenvalue weighted by Crippen LogP contribution is -2.27. The molecule has 0 saturated carbocycles. The first-order valence-corrected chi connectivity index (χ1v) is 6.19. The molecule has 1 aliphatic heterocycles. The summed E-state index contributed by atoms with van der Waals surface area (Å²) in [5.74, 6) is 0.768. The van der Waals surface area contributed by atoms with Crippen molar-refractivity contribution in [3.8, 4) is 0 Å². The van der Waals surface area contributed by atoms with Crippen LogP contribution in [0.2, 0.25) is 0 Å². The first kappa shape index (κ1) is 13.8. The summed E-state index contributed by atoms with van der Waals surface area (Å²) in [5, 5.41) is 7.72. The molecule has 6 nitrogen and oxygen atoms in total. The average Bonchev–Trinajstić information content (AvgIpc) is 2.81. The Morgan fingerprint density at radius 2 is 1.95 bits per heavy atom. The quantitative estimate of drug-likeness (QED) is 0.612. The molecule has 1 saturated heterocycles. The maximum absolute atomic E-state index is 7.72. The maximum Gasteiger partial charge on any atom is 0.139 e. The second-order valence-corrected chi connectivity index (χ2v) is 4.69. The van der Waals surface area contributed by atoms with Crippen LogP contribution < -0.4 is 10.6 Å². The number of anilines is 1. The van der Waals surface area contributed by atoms with E-state index in [1.165, 1.54) is 0 Å². The van der Waals surface area contributed by atoms with Gasteiger partial charge in [-0.2, -0.15) is 0 Å². The molecule has 0 spiro atoms. The number of aromatic nitrogens is 1. The average molecular weight is 264 g/mol. The Bertz CT molecular complexity index is 466. The summed E-state index contributed by atoms with van der Waals surface area (Å²) in [6.45, 7) is 3.30. The van der Waals surface area contributed by atoms with Gasteiger partial charge in [0, 0.05) is 33.5 Å². The van der Waals surface area contributed by atoms with Crippen molar-refractivity contribution in [1.82, 2.24) is 4.98 Å². The summed E-state index contributed by atoms with van der Waals surface area (Å²) in [7, 11) is 3.35. The lowest BCUT2D eigenvalue weighted by Gasteiger charge is -2.21. The van der Waals surface area contributed by atoms with Crippen LogP contribution in [-0.2, 0) is 9.47 Å². The van der Waals surface area contributed by atoms with E-state index in [0.717, 1.165) is 11.4 Å². The van der Waals surface area contributed by atoms with Crippen LogP contribution in [0, 0.1) is 12.3 Å². The number of aryl methyl sites for hydroxylation is 1. The van der Waals surface area contributed by atoms with Gasteiger partial charge in [-0.05, 0) is 18.6 Å². The molecule has 19 heavy (non-hydrogen) atoms. The number of methoxy groups -OCH3 is 2. The fourth-order valence-electron chi connectivity index (χ4n) is 2.49. The van der Waals surface area contributed by atoms with Crippen LogP contribution in [0.4, 0.5) is 5.82 Å². The molecule has 1 aliphatic rings. The molecule has 0 amide bonds. The van der Waals surface area contributed by atoms with Crippen molar-refractivity contribution in [2.75, 3.05) is 32.2 Å².